The molecule has 0 aliphatic rings. The van der Waals surface area contributed by atoms with Crippen LogP contribution in [-0.4, -0.2) is 47.4 Å². The lowest BCUT2D eigenvalue weighted by Gasteiger charge is -2.20. The molecule has 0 aromatic heterocycles. The molecule has 0 aliphatic carbocycles. The summed E-state index contributed by atoms with van der Waals surface area (Å²) in [5, 5.41) is 23.0. The van der Waals surface area contributed by atoms with Crippen molar-refractivity contribution >= 4 is 11.9 Å². The van der Waals surface area contributed by atoms with Crippen LogP contribution in [0.4, 0.5) is 0 Å². The first-order valence-corrected chi connectivity index (χ1v) is 27.8. The van der Waals surface area contributed by atoms with Gasteiger partial charge in [0.1, 0.15) is 0 Å². The predicted octanol–water partition coefficient (Wildman–Crippen LogP) is 16.9. The fourth-order valence-electron chi connectivity index (χ4n) is 8.36. The monoisotopic (exact) mass is 886 g/mol. The van der Waals surface area contributed by atoms with Crippen molar-refractivity contribution in [3.63, 3.8) is 0 Å². The summed E-state index contributed by atoms with van der Waals surface area (Å²) in [5.41, 5.74) is 0. The van der Waals surface area contributed by atoms with Crippen molar-refractivity contribution in [2.45, 2.75) is 302 Å². The second-order valence-electron chi connectivity index (χ2n) is 18.9. The molecular weight excluding hydrogens is 779 g/mol. The fourth-order valence-corrected chi connectivity index (χ4v) is 8.36. The van der Waals surface area contributed by atoms with Gasteiger partial charge in [-0.15, -0.1) is 0 Å². The minimum absolute atomic E-state index is 0.00519. The molecule has 370 valence electrons. The summed E-state index contributed by atoms with van der Waals surface area (Å²) in [4.78, 5) is 24.4. The van der Waals surface area contributed by atoms with Crippen molar-refractivity contribution in [1.82, 2.24) is 5.32 Å². The number of rotatable bonds is 51. The van der Waals surface area contributed by atoms with Crippen LogP contribution in [0.15, 0.2) is 36.5 Å². The molecule has 0 saturated heterocycles. The van der Waals surface area contributed by atoms with Crippen LogP contribution in [0.25, 0.3) is 0 Å². The Morgan fingerprint density at radius 3 is 1.25 bits per heavy atom. The molecule has 0 rings (SSSR count). The Hall–Kier alpha value is -1.92. The number of hydrogen-bond acceptors (Lipinski definition) is 5. The molecule has 0 aromatic carbocycles. The molecule has 0 fully saturated rings. The van der Waals surface area contributed by atoms with E-state index < -0.39 is 12.1 Å². The van der Waals surface area contributed by atoms with E-state index in [2.05, 4.69) is 43.5 Å². The number of carbonyl (C=O) groups is 2. The van der Waals surface area contributed by atoms with E-state index in [0.29, 0.717) is 19.4 Å². The predicted molar refractivity (Wildman–Crippen MR) is 273 cm³/mol. The van der Waals surface area contributed by atoms with Gasteiger partial charge in [-0.05, 0) is 57.8 Å². The molecule has 1 amide bonds. The number of aliphatic hydroxyl groups excluding tert-OH is 2. The smallest absolute Gasteiger partial charge is 0.305 e. The number of aliphatic hydroxyl groups is 2. The largest absolute Gasteiger partial charge is 0.466 e. The third-order valence-corrected chi connectivity index (χ3v) is 12.7. The third kappa shape index (κ3) is 49.4. The van der Waals surface area contributed by atoms with Gasteiger partial charge in [-0.3, -0.25) is 9.59 Å². The first kappa shape index (κ1) is 61.1. The number of unbranched alkanes of at least 4 members (excludes halogenated alkanes) is 36. The average Bonchev–Trinajstić information content (AvgIpc) is 3.28. The summed E-state index contributed by atoms with van der Waals surface area (Å²) in [6.45, 7) is 4.84. The van der Waals surface area contributed by atoms with Gasteiger partial charge in [-0.1, -0.05) is 256 Å². The van der Waals surface area contributed by atoms with Crippen LogP contribution in [0, 0.1) is 0 Å². The van der Waals surface area contributed by atoms with Crippen LogP contribution >= 0.6 is 0 Å². The van der Waals surface area contributed by atoms with E-state index in [1.54, 1.807) is 6.08 Å². The topological polar surface area (TPSA) is 95.9 Å². The normalized spacial score (nSPS) is 12.9. The van der Waals surface area contributed by atoms with Crippen LogP contribution in [0.3, 0.4) is 0 Å². The van der Waals surface area contributed by atoms with E-state index in [1.165, 1.54) is 212 Å². The van der Waals surface area contributed by atoms with E-state index in [1.807, 2.05) is 6.08 Å². The maximum absolute atomic E-state index is 12.4. The van der Waals surface area contributed by atoms with Gasteiger partial charge in [0.05, 0.1) is 25.4 Å². The SMILES string of the molecule is CCCC/C=C\C/C=C\CCCCCCCC(=O)OCCCCCCCCCCCCCCCCCCCCCCC(=O)NC(CO)C(O)/C=C/CCCCCCCCCCCC. The van der Waals surface area contributed by atoms with Crippen molar-refractivity contribution in [1.29, 1.82) is 0 Å². The molecule has 6 heteroatoms. The van der Waals surface area contributed by atoms with Crippen molar-refractivity contribution in [2.24, 2.45) is 0 Å². The van der Waals surface area contributed by atoms with E-state index in [-0.39, 0.29) is 18.5 Å². The molecule has 3 N–H and O–H groups in total. The average molecular weight is 886 g/mol. The number of ether oxygens (including phenoxy) is 1. The maximum atomic E-state index is 12.4. The molecule has 2 atom stereocenters. The summed E-state index contributed by atoms with van der Waals surface area (Å²) in [7, 11) is 0. The van der Waals surface area contributed by atoms with E-state index >= 15 is 0 Å². The first-order valence-electron chi connectivity index (χ1n) is 27.8. The number of amides is 1. The van der Waals surface area contributed by atoms with Gasteiger partial charge in [-0.25, -0.2) is 0 Å². The number of hydrogen-bond donors (Lipinski definition) is 3. The summed E-state index contributed by atoms with van der Waals surface area (Å²) >= 11 is 0. The number of nitrogens with one attached hydrogen (secondary N) is 1. The lowest BCUT2D eigenvalue weighted by atomic mass is 10.0. The quantitative estimate of drug-likeness (QED) is 0.0321. The zero-order valence-electron chi connectivity index (χ0n) is 42.1. The van der Waals surface area contributed by atoms with E-state index in [9.17, 15) is 19.8 Å². The van der Waals surface area contributed by atoms with Gasteiger partial charge in [-0.2, -0.15) is 0 Å². The molecule has 0 heterocycles. The summed E-state index contributed by atoms with van der Waals surface area (Å²) in [6, 6.07) is -0.628. The van der Waals surface area contributed by atoms with Crippen molar-refractivity contribution < 1.29 is 24.5 Å². The maximum Gasteiger partial charge on any atom is 0.305 e. The molecule has 6 nitrogen and oxygen atoms in total. The molecular formula is C57H107NO5. The minimum Gasteiger partial charge on any atom is -0.466 e. The standard InChI is InChI=1S/C57H107NO5/c1-3-5-7-9-11-13-15-17-27-31-35-39-43-47-51-57(62)63-52-48-44-40-36-32-28-25-23-21-19-18-20-22-24-26-30-34-38-42-46-50-56(61)58-54(53-59)55(60)49-45-41-37-33-29-16-14-12-10-8-6-4-2/h9,11,15,17,45,49,54-55,59-60H,3-8,10,12-14,16,18-44,46-48,50-53H2,1-2H3,(H,58,61)/b11-9-,17-15-,49-45+. The fraction of sp³-hybridized carbons (Fsp3) is 0.860. The molecule has 0 aromatic rings. The molecule has 0 saturated carbocycles. The van der Waals surface area contributed by atoms with Crippen LogP contribution in [0.5, 0.6) is 0 Å². The molecule has 0 aliphatic heterocycles. The highest BCUT2D eigenvalue weighted by Gasteiger charge is 2.18. The molecule has 63 heavy (non-hydrogen) atoms. The molecule has 2 unspecified atom stereocenters. The summed E-state index contributed by atoms with van der Waals surface area (Å²) in [6.07, 6.45) is 64.4. The van der Waals surface area contributed by atoms with Crippen molar-refractivity contribution in [3.05, 3.63) is 36.5 Å². The Bertz CT molecular complexity index is 1020. The minimum atomic E-state index is -0.845. The van der Waals surface area contributed by atoms with Crippen molar-refractivity contribution in [2.75, 3.05) is 13.2 Å². The zero-order chi connectivity index (χ0) is 45.8. The van der Waals surface area contributed by atoms with Gasteiger partial charge >= 0.3 is 5.97 Å². The Morgan fingerprint density at radius 2 is 0.810 bits per heavy atom. The highest BCUT2D eigenvalue weighted by molar-refractivity contribution is 5.76. The Morgan fingerprint density at radius 1 is 0.444 bits per heavy atom. The summed E-state index contributed by atoms with van der Waals surface area (Å²) < 4.78 is 5.46. The highest BCUT2D eigenvalue weighted by atomic mass is 16.5. The van der Waals surface area contributed by atoms with Crippen molar-refractivity contribution in [3.8, 4) is 0 Å². The Kier molecular flexibility index (Phi) is 51.1. The lowest BCUT2D eigenvalue weighted by Crippen LogP contribution is -2.45. The van der Waals surface area contributed by atoms with E-state index in [0.717, 1.165) is 51.4 Å². The Labute approximate surface area is 392 Å². The molecule has 0 bridgehead atoms. The number of esters is 1. The first-order chi connectivity index (χ1) is 31.0. The van der Waals surface area contributed by atoms with Gasteiger partial charge < -0.3 is 20.3 Å². The number of carbonyl (C=O) groups excluding carboxylic acids is 2. The van der Waals surface area contributed by atoms with Gasteiger partial charge in [0, 0.05) is 12.8 Å². The van der Waals surface area contributed by atoms with Gasteiger partial charge in [0.15, 0.2) is 0 Å². The summed E-state index contributed by atoms with van der Waals surface area (Å²) in [5.74, 6) is -0.0762. The Balaban J connectivity index is 3.41. The van der Waals surface area contributed by atoms with E-state index in [4.69, 9.17) is 4.74 Å². The third-order valence-electron chi connectivity index (χ3n) is 12.7. The number of allylic oxidation sites excluding steroid dienone is 5. The van der Waals surface area contributed by atoms with Crippen LogP contribution in [-0.2, 0) is 14.3 Å². The lowest BCUT2D eigenvalue weighted by molar-refractivity contribution is -0.143. The zero-order valence-corrected chi connectivity index (χ0v) is 42.1. The van der Waals surface area contributed by atoms with Gasteiger partial charge in [0.25, 0.3) is 0 Å². The highest BCUT2D eigenvalue weighted by Crippen LogP contribution is 2.16. The molecule has 0 radical (unpaired) electrons. The van der Waals surface area contributed by atoms with Gasteiger partial charge in [0.2, 0.25) is 5.91 Å². The molecule has 0 spiro atoms. The van der Waals surface area contributed by atoms with Crippen LogP contribution in [0.2, 0.25) is 0 Å². The second kappa shape index (κ2) is 52.7. The second-order valence-corrected chi connectivity index (χ2v) is 18.9. The van der Waals surface area contributed by atoms with Crippen LogP contribution < -0.4 is 5.32 Å². The van der Waals surface area contributed by atoms with Crippen LogP contribution in [0.1, 0.15) is 290 Å².